The fraction of sp³-hybridized carbons (Fsp3) is 0.467. The third kappa shape index (κ3) is 3.57. The van der Waals surface area contributed by atoms with Gasteiger partial charge in [-0.2, -0.15) is 4.98 Å². The molecule has 0 aliphatic heterocycles. The van der Waals surface area contributed by atoms with Crippen molar-refractivity contribution >= 4 is 22.7 Å². The second kappa shape index (κ2) is 6.52. The summed E-state index contributed by atoms with van der Waals surface area (Å²) in [6, 6.07) is 8.48. The van der Waals surface area contributed by atoms with Gasteiger partial charge in [0.1, 0.15) is 5.82 Å². The summed E-state index contributed by atoms with van der Waals surface area (Å²) in [5.74, 6) is 1.13. The third-order valence-electron chi connectivity index (χ3n) is 3.48. The van der Waals surface area contributed by atoms with Crippen LogP contribution in [-0.2, 0) is 0 Å². The number of benzene rings is 1. The predicted molar refractivity (Wildman–Crippen MR) is 84.8 cm³/mol. The molecule has 0 aliphatic rings. The van der Waals surface area contributed by atoms with E-state index in [1.165, 1.54) is 0 Å². The van der Waals surface area contributed by atoms with Crippen LogP contribution in [0.5, 0.6) is 0 Å². The lowest BCUT2D eigenvalue weighted by Gasteiger charge is -2.20. The first kappa shape index (κ1) is 14.5. The Labute approximate surface area is 120 Å². The largest absolute Gasteiger partial charge is 0.369 e. The summed E-state index contributed by atoms with van der Waals surface area (Å²) in [5.41, 5.74) is 6.62. The number of hydrogen-bond acceptors (Lipinski definition) is 5. The fourth-order valence-corrected chi connectivity index (χ4v) is 2.02. The first-order valence-corrected chi connectivity index (χ1v) is 7.04. The third-order valence-corrected chi connectivity index (χ3v) is 3.48. The molecular formula is C15H23N5. The minimum absolute atomic E-state index is 0.311. The summed E-state index contributed by atoms with van der Waals surface area (Å²) in [5, 5.41) is 4.38. The van der Waals surface area contributed by atoms with Gasteiger partial charge < -0.3 is 16.0 Å². The lowest BCUT2D eigenvalue weighted by Crippen LogP contribution is -2.28. The van der Waals surface area contributed by atoms with Gasteiger partial charge in [0.25, 0.3) is 0 Å². The minimum atomic E-state index is 0.311. The van der Waals surface area contributed by atoms with Gasteiger partial charge in [0, 0.05) is 18.0 Å². The summed E-state index contributed by atoms with van der Waals surface area (Å²) in [7, 11) is 2.14. The van der Waals surface area contributed by atoms with Crippen molar-refractivity contribution in [2.75, 3.05) is 31.2 Å². The van der Waals surface area contributed by atoms with Crippen LogP contribution >= 0.6 is 0 Å². The van der Waals surface area contributed by atoms with E-state index < -0.39 is 0 Å². The molecule has 0 amide bonds. The van der Waals surface area contributed by atoms with E-state index in [2.05, 4.69) is 41.1 Å². The van der Waals surface area contributed by atoms with Crippen LogP contribution in [0.4, 0.5) is 11.8 Å². The van der Waals surface area contributed by atoms with E-state index in [-0.39, 0.29) is 0 Å². The first-order valence-electron chi connectivity index (χ1n) is 7.04. The molecule has 0 atom stereocenters. The van der Waals surface area contributed by atoms with Crippen LogP contribution in [0.3, 0.4) is 0 Å². The molecule has 0 radical (unpaired) electrons. The number of rotatable bonds is 6. The second-order valence-electron chi connectivity index (χ2n) is 5.30. The Balaban J connectivity index is 1.99. The Morgan fingerprint density at radius 3 is 2.75 bits per heavy atom. The standard InChI is InChI=1S/C15H23N5/c1-11(2)20(3)10-6-9-17-14-12-7-4-5-8-13(12)18-15(16)19-14/h4-5,7-8,11H,6,9-10H2,1-3H3,(H3,16,17,18,19). The summed E-state index contributed by atoms with van der Waals surface area (Å²) < 4.78 is 0. The van der Waals surface area contributed by atoms with Crippen LogP contribution < -0.4 is 11.1 Å². The highest BCUT2D eigenvalue weighted by Gasteiger charge is 2.06. The number of nitrogen functional groups attached to an aromatic ring is 1. The van der Waals surface area contributed by atoms with Crippen molar-refractivity contribution in [1.29, 1.82) is 0 Å². The average Bonchev–Trinajstić information content (AvgIpc) is 2.42. The Hall–Kier alpha value is -1.88. The molecular weight excluding hydrogens is 250 g/mol. The molecule has 1 heterocycles. The van der Waals surface area contributed by atoms with E-state index in [1.54, 1.807) is 0 Å². The fourth-order valence-electron chi connectivity index (χ4n) is 2.02. The molecule has 2 rings (SSSR count). The van der Waals surface area contributed by atoms with Gasteiger partial charge in [-0.1, -0.05) is 12.1 Å². The highest BCUT2D eigenvalue weighted by Crippen LogP contribution is 2.20. The number of nitrogens with two attached hydrogens (primary N) is 1. The van der Waals surface area contributed by atoms with Crippen LogP contribution in [0.25, 0.3) is 10.9 Å². The number of anilines is 2. The van der Waals surface area contributed by atoms with Crippen molar-refractivity contribution < 1.29 is 0 Å². The van der Waals surface area contributed by atoms with Gasteiger partial charge in [0.2, 0.25) is 5.95 Å². The van der Waals surface area contributed by atoms with Gasteiger partial charge in [-0.15, -0.1) is 0 Å². The molecule has 2 aromatic rings. The summed E-state index contributed by atoms with van der Waals surface area (Å²) in [6.45, 7) is 6.33. The number of nitrogens with zero attached hydrogens (tertiary/aromatic N) is 3. The van der Waals surface area contributed by atoms with Gasteiger partial charge in [-0.05, 0) is 46.0 Å². The normalized spacial score (nSPS) is 11.4. The van der Waals surface area contributed by atoms with Gasteiger partial charge in [0.05, 0.1) is 5.52 Å². The SMILES string of the molecule is CC(C)N(C)CCCNc1nc(N)nc2ccccc12. The Morgan fingerprint density at radius 2 is 2.00 bits per heavy atom. The van der Waals surface area contributed by atoms with Crippen molar-refractivity contribution in [2.45, 2.75) is 26.3 Å². The number of aromatic nitrogens is 2. The molecule has 0 fully saturated rings. The van der Waals surface area contributed by atoms with Crippen molar-refractivity contribution in [3.05, 3.63) is 24.3 Å². The van der Waals surface area contributed by atoms with Crippen LogP contribution in [0.1, 0.15) is 20.3 Å². The Morgan fingerprint density at radius 1 is 1.25 bits per heavy atom. The zero-order chi connectivity index (χ0) is 14.5. The van der Waals surface area contributed by atoms with Crippen LogP contribution in [0, 0.1) is 0 Å². The van der Waals surface area contributed by atoms with Crippen molar-refractivity contribution in [3.63, 3.8) is 0 Å². The lowest BCUT2D eigenvalue weighted by atomic mass is 10.2. The molecule has 0 saturated carbocycles. The maximum Gasteiger partial charge on any atom is 0.222 e. The van der Waals surface area contributed by atoms with E-state index in [4.69, 9.17) is 5.73 Å². The maximum absolute atomic E-state index is 5.75. The smallest absolute Gasteiger partial charge is 0.222 e. The topological polar surface area (TPSA) is 67.1 Å². The molecule has 0 saturated heterocycles. The van der Waals surface area contributed by atoms with E-state index in [0.717, 1.165) is 36.2 Å². The summed E-state index contributed by atoms with van der Waals surface area (Å²) >= 11 is 0. The van der Waals surface area contributed by atoms with Crippen LogP contribution in [-0.4, -0.2) is 41.0 Å². The average molecular weight is 273 g/mol. The molecule has 108 valence electrons. The lowest BCUT2D eigenvalue weighted by molar-refractivity contribution is 0.273. The van der Waals surface area contributed by atoms with Crippen LogP contribution in [0.2, 0.25) is 0 Å². The van der Waals surface area contributed by atoms with Crippen LogP contribution in [0.15, 0.2) is 24.3 Å². The zero-order valence-corrected chi connectivity index (χ0v) is 12.4. The summed E-state index contributed by atoms with van der Waals surface area (Å²) in [4.78, 5) is 10.9. The van der Waals surface area contributed by atoms with Gasteiger partial charge in [-0.25, -0.2) is 4.98 Å². The molecule has 5 heteroatoms. The molecule has 0 spiro atoms. The quantitative estimate of drug-likeness (QED) is 0.791. The number of para-hydroxylation sites is 1. The van der Waals surface area contributed by atoms with Gasteiger partial charge >= 0.3 is 0 Å². The van der Waals surface area contributed by atoms with E-state index in [1.807, 2.05) is 24.3 Å². The van der Waals surface area contributed by atoms with Crippen molar-refractivity contribution in [2.24, 2.45) is 0 Å². The molecule has 3 N–H and O–H groups in total. The molecule has 0 aliphatic carbocycles. The van der Waals surface area contributed by atoms with Gasteiger partial charge in [-0.3, -0.25) is 0 Å². The zero-order valence-electron chi connectivity index (χ0n) is 12.4. The molecule has 1 aromatic heterocycles. The number of nitrogens with one attached hydrogen (secondary N) is 1. The Bertz CT molecular complexity index is 567. The number of fused-ring (bicyclic) bond motifs is 1. The van der Waals surface area contributed by atoms with E-state index in [9.17, 15) is 0 Å². The molecule has 20 heavy (non-hydrogen) atoms. The van der Waals surface area contributed by atoms with Crippen molar-refractivity contribution in [3.8, 4) is 0 Å². The highest BCUT2D eigenvalue weighted by molar-refractivity contribution is 5.89. The molecule has 0 unspecified atom stereocenters. The molecule has 5 nitrogen and oxygen atoms in total. The first-order chi connectivity index (χ1) is 9.58. The summed E-state index contributed by atoms with van der Waals surface area (Å²) in [6.07, 6.45) is 1.06. The van der Waals surface area contributed by atoms with E-state index >= 15 is 0 Å². The molecule has 1 aromatic carbocycles. The minimum Gasteiger partial charge on any atom is -0.369 e. The maximum atomic E-state index is 5.75. The van der Waals surface area contributed by atoms with E-state index in [0.29, 0.717) is 12.0 Å². The second-order valence-corrected chi connectivity index (χ2v) is 5.30. The Kier molecular flexibility index (Phi) is 4.74. The number of hydrogen-bond donors (Lipinski definition) is 2. The van der Waals surface area contributed by atoms with Gasteiger partial charge in [0.15, 0.2) is 0 Å². The predicted octanol–water partition coefficient (Wildman–Crippen LogP) is 2.35. The monoisotopic (exact) mass is 273 g/mol. The van der Waals surface area contributed by atoms with Crippen molar-refractivity contribution in [1.82, 2.24) is 14.9 Å². The highest BCUT2D eigenvalue weighted by atomic mass is 15.1. The molecule has 0 bridgehead atoms.